The highest BCUT2D eigenvalue weighted by atomic mass is 79.9. The number of Topliss-reactive ketones (excluding diaryl/α,β-unsaturated/α-hetero) is 1. The van der Waals surface area contributed by atoms with E-state index in [-0.39, 0.29) is 46.1 Å². The smallest absolute Gasteiger partial charge is 0.233 e. The Morgan fingerprint density at radius 1 is 0.897 bits per heavy atom. The van der Waals surface area contributed by atoms with E-state index in [4.69, 9.17) is 0 Å². The number of rotatable bonds is 2. The maximum atomic E-state index is 14.0. The molecule has 198 valence electrons. The number of aromatic hydroxyl groups is 1. The molecule has 1 saturated heterocycles. The number of nitrogens with zero attached hydrogens (tertiary/aromatic N) is 1. The van der Waals surface area contributed by atoms with Crippen molar-refractivity contribution in [1.29, 1.82) is 0 Å². The van der Waals surface area contributed by atoms with Crippen LogP contribution in [-0.2, 0) is 19.2 Å². The Labute approximate surface area is 234 Å². The highest BCUT2D eigenvalue weighted by Crippen LogP contribution is 2.57. The molecule has 4 aliphatic carbocycles. The molecule has 2 fully saturated rings. The molecular formula is C32H28BrNO5. The maximum absolute atomic E-state index is 14.0. The lowest BCUT2D eigenvalue weighted by atomic mass is 9.59. The Morgan fingerprint density at radius 2 is 1.67 bits per heavy atom. The van der Waals surface area contributed by atoms with Crippen molar-refractivity contribution in [2.75, 3.05) is 0 Å². The summed E-state index contributed by atoms with van der Waals surface area (Å²) in [6, 6.07) is 11.1. The van der Waals surface area contributed by atoms with Crippen molar-refractivity contribution in [3.8, 4) is 5.75 Å². The fraction of sp³-hybridized carbons (Fsp3) is 0.375. The monoisotopic (exact) mass is 585 g/mol. The normalized spacial score (nSPS) is 29.3. The minimum absolute atomic E-state index is 0.0424. The first-order chi connectivity index (χ1) is 18.9. The van der Waals surface area contributed by atoms with E-state index in [1.165, 1.54) is 6.08 Å². The highest BCUT2D eigenvalue weighted by molar-refractivity contribution is 9.12. The van der Waals surface area contributed by atoms with Crippen LogP contribution in [0.15, 0.2) is 69.8 Å². The molecule has 7 rings (SSSR count). The SMILES string of the molecule is O=C1C=C(Br)C(=O)C2=C1[C@@H](c1c(O)ccc3ccccc13)C1=CC[C@@H]3C(=O)N(C4CCCCC4)C(=O)[C@@H]3[C@@H]1C2. The van der Waals surface area contributed by atoms with Gasteiger partial charge in [0.2, 0.25) is 11.8 Å². The van der Waals surface area contributed by atoms with E-state index in [1.54, 1.807) is 11.0 Å². The number of imide groups is 1. The minimum Gasteiger partial charge on any atom is -0.508 e. The van der Waals surface area contributed by atoms with E-state index in [0.717, 1.165) is 48.4 Å². The Bertz CT molecular complexity index is 1580. The van der Waals surface area contributed by atoms with Crippen LogP contribution in [0.3, 0.4) is 0 Å². The van der Waals surface area contributed by atoms with Crippen molar-refractivity contribution in [2.24, 2.45) is 17.8 Å². The predicted molar refractivity (Wildman–Crippen MR) is 149 cm³/mol. The summed E-state index contributed by atoms with van der Waals surface area (Å²) in [5.74, 6) is -2.82. The van der Waals surface area contributed by atoms with Crippen LogP contribution < -0.4 is 0 Å². The van der Waals surface area contributed by atoms with Gasteiger partial charge in [-0.05, 0) is 64.4 Å². The summed E-state index contributed by atoms with van der Waals surface area (Å²) >= 11 is 3.28. The van der Waals surface area contributed by atoms with E-state index in [0.29, 0.717) is 23.1 Å². The Kier molecular flexibility index (Phi) is 5.78. The Hall–Kier alpha value is -3.32. The number of amides is 2. The van der Waals surface area contributed by atoms with Gasteiger partial charge in [-0.25, -0.2) is 0 Å². The molecule has 39 heavy (non-hydrogen) atoms. The van der Waals surface area contributed by atoms with Gasteiger partial charge in [0.05, 0.1) is 16.3 Å². The molecule has 6 nitrogen and oxygen atoms in total. The van der Waals surface area contributed by atoms with Crippen LogP contribution in [0.4, 0.5) is 0 Å². The predicted octanol–water partition coefficient (Wildman–Crippen LogP) is 5.64. The minimum atomic E-state index is -0.675. The molecule has 0 aromatic heterocycles. The van der Waals surface area contributed by atoms with Crippen LogP contribution in [0, 0.1) is 17.8 Å². The number of likely N-dealkylation sites (tertiary alicyclic amines) is 1. The van der Waals surface area contributed by atoms with E-state index >= 15 is 0 Å². The lowest BCUT2D eigenvalue weighted by molar-refractivity contribution is -0.143. The average molecular weight is 586 g/mol. The second-order valence-corrected chi connectivity index (χ2v) is 12.3. The van der Waals surface area contributed by atoms with Crippen LogP contribution >= 0.6 is 15.9 Å². The number of phenolic OH excluding ortho intramolecular Hbond substituents is 1. The number of fused-ring (bicyclic) bond motifs is 4. The standard InChI is InChI=1S/C32H28BrNO5/c33-23-15-25(36)28-22(30(23)37)14-21-19(29(28)27-18-9-5-4-6-16(18)10-13-24(27)35)11-12-20-26(21)32(39)34(31(20)38)17-7-2-1-3-8-17/h4-6,9-11,13,15,17,20-21,26,29,35H,1-3,7-8,12,14H2/t20-,21+,26-,29+/m0/s1. The molecule has 1 heterocycles. The number of phenols is 1. The third kappa shape index (κ3) is 3.58. The topological polar surface area (TPSA) is 91.8 Å². The first kappa shape index (κ1) is 24.7. The summed E-state index contributed by atoms with van der Waals surface area (Å²) in [6.07, 6.45) is 8.81. The number of hydrogen-bond donors (Lipinski definition) is 1. The molecule has 2 aromatic carbocycles. The van der Waals surface area contributed by atoms with Crippen molar-refractivity contribution in [2.45, 2.75) is 56.9 Å². The summed E-state index contributed by atoms with van der Waals surface area (Å²) < 4.78 is 0.199. The Morgan fingerprint density at radius 3 is 2.46 bits per heavy atom. The van der Waals surface area contributed by atoms with Gasteiger partial charge in [-0.2, -0.15) is 0 Å². The molecule has 0 radical (unpaired) electrons. The second kappa shape index (κ2) is 9.12. The largest absolute Gasteiger partial charge is 0.508 e. The number of allylic oxidation sites excluding steroid dienone is 6. The summed E-state index contributed by atoms with van der Waals surface area (Å²) in [4.78, 5) is 56.2. The van der Waals surface area contributed by atoms with Crippen molar-refractivity contribution in [3.05, 3.63) is 75.3 Å². The lowest BCUT2D eigenvalue weighted by Crippen LogP contribution is -2.43. The van der Waals surface area contributed by atoms with Crippen molar-refractivity contribution in [3.63, 3.8) is 0 Å². The third-order valence-electron chi connectivity index (χ3n) is 9.54. The van der Waals surface area contributed by atoms with Gasteiger partial charge in [0.1, 0.15) is 5.75 Å². The van der Waals surface area contributed by atoms with Gasteiger partial charge in [0.15, 0.2) is 11.6 Å². The van der Waals surface area contributed by atoms with Crippen LogP contribution in [0.5, 0.6) is 5.75 Å². The summed E-state index contributed by atoms with van der Waals surface area (Å²) in [5, 5.41) is 12.9. The van der Waals surface area contributed by atoms with E-state index < -0.39 is 23.7 Å². The van der Waals surface area contributed by atoms with Crippen molar-refractivity contribution in [1.82, 2.24) is 4.90 Å². The number of hydrogen-bond acceptors (Lipinski definition) is 5. The van der Waals surface area contributed by atoms with E-state index in [2.05, 4.69) is 15.9 Å². The zero-order valence-electron chi connectivity index (χ0n) is 21.4. The number of halogens is 1. The van der Waals surface area contributed by atoms with Crippen LogP contribution in [0.2, 0.25) is 0 Å². The molecule has 7 heteroatoms. The molecular weight excluding hydrogens is 558 g/mol. The fourth-order valence-electron chi connectivity index (χ4n) is 7.85. The van der Waals surface area contributed by atoms with Crippen LogP contribution in [0.25, 0.3) is 10.8 Å². The number of carbonyl (C=O) groups excluding carboxylic acids is 4. The summed E-state index contributed by atoms with van der Waals surface area (Å²) in [5.41, 5.74) is 2.19. The van der Waals surface area contributed by atoms with Crippen LogP contribution in [0.1, 0.15) is 56.4 Å². The number of benzene rings is 2. The Balaban J connectivity index is 1.41. The van der Waals surface area contributed by atoms with E-state index in [9.17, 15) is 24.3 Å². The van der Waals surface area contributed by atoms with Gasteiger partial charge in [0.25, 0.3) is 0 Å². The molecule has 1 aliphatic heterocycles. The molecule has 1 saturated carbocycles. The zero-order chi connectivity index (χ0) is 27.0. The fourth-order valence-corrected chi connectivity index (χ4v) is 8.30. The molecule has 4 atom stereocenters. The first-order valence-corrected chi connectivity index (χ1v) is 14.6. The van der Waals surface area contributed by atoms with Gasteiger partial charge in [0, 0.05) is 34.7 Å². The molecule has 2 amide bonds. The van der Waals surface area contributed by atoms with Gasteiger partial charge < -0.3 is 5.11 Å². The third-order valence-corrected chi connectivity index (χ3v) is 10.1. The highest BCUT2D eigenvalue weighted by Gasteiger charge is 2.57. The molecule has 0 bridgehead atoms. The molecule has 0 spiro atoms. The van der Waals surface area contributed by atoms with Crippen molar-refractivity contribution >= 4 is 50.1 Å². The van der Waals surface area contributed by atoms with E-state index in [1.807, 2.05) is 36.4 Å². The summed E-state index contributed by atoms with van der Waals surface area (Å²) in [6.45, 7) is 0. The zero-order valence-corrected chi connectivity index (χ0v) is 22.9. The molecule has 5 aliphatic rings. The van der Waals surface area contributed by atoms with Gasteiger partial charge in [-0.15, -0.1) is 0 Å². The average Bonchev–Trinajstić information content (AvgIpc) is 3.21. The molecule has 2 aromatic rings. The molecule has 0 unspecified atom stereocenters. The molecule has 1 N–H and O–H groups in total. The number of ketones is 2. The second-order valence-electron chi connectivity index (χ2n) is 11.5. The van der Waals surface area contributed by atoms with Crippen molar-refractivity contribution < 1.29 is 24.3 Å². The van der Waals surface area contributed by atoms with Gasteiger partial charge in [-0.1, -0.05) is 61.2 Å². The van der Waals surface area contributed by atoms with Crippen LogP contribution in [-0.4, -0.2) is 39.4 Å². The first-order valence-electron chi connectivity index (χ1n) is 13.8. The van der Waals surface area contributed by atoms with Gasteiger partial charge >= 0.3 is 0 Å². The number of carbonyl (C=O) groups is 4. The quantitative estimate of drug-likeness (QED) is 0.280. The lowest BCUT2D eigenvalue weighted by Gasteiger charge is -2.42. The van der Waals surface area contributed by atoms with Gasteiger partial charge in [-0.3, -0.25) is 24.1 Å². The summed E-state index contributed by atoms with van der Waals surface area (Å²) in [7, 11) is 0. The maximum Gasteiger partial charge on any atom is 0.233 e.